The molecule has 3 nitrogen and oxygen atoms in total. The minimum absolute atomic E-state index is 0.268. The van der Waals surface area contributed by atoms with E-state index in [2.05, 4.69) is 0 Å². The number of nitrogens with one attached hydrogen (secondary N) is 1. The van der Waals surface area contributed by atoms with Crippen LogP contribution in [0.15, 0.2) is 47.4 Å². The summed E-state index contributed by atoms with van der Waals surface area (Å²) in [5.74, 6) is -0.806. The van der Waals surface area contributed by atoms with Gasteiger partial charge in [0.25, 0.3) is 10.0 Å². The summed E-state index contributed by atoms with van der Waals surface area (Å²) in [5, 5.41) is -0.410. The molecule has 0 fully saturated rings. The van der Waals surface area contributed by atoms with Gasteiger partial charge in [0.15, 0.2) is 0 Å². The summed E-state index contributed by atoms with van der Waals surface area (Å²) in [5.41, 5.74) is -1.26. The summed E-state index contributed by atoms with van der Waals surface area (Å²) in [7, 11) is -4.18. The fourth-order valence-corrected chi connectivity index (χ4v) is 2.94. The van der Waals surface area contributed by atoms with Crippen LogP contribution in [0.1, 0.15) is 5.56 Å². The molecule has 0 amide bonds. The molecular formula is C13H8ClF4NO2S. The number of benzene rings is 2. The topological polar surface area (TPSA) is 46.2 Å². The summed E-state index contributed by atoms with van der Waals surface area (Å²) >= 11 is 5.49. The smallest absolute Gasteiger partial charge is 0.280 e. The summed E-state index contributed by atoms with van der Waals surface area (Å²) in [6.45, 7) is 0. The van der Waals surface area contributed by atoms with E-state index >= 15 is 0 Å². The highest BCUT2D eigenvalue weighted by atomic mass is 35.5. The molecule has 22 heavy (non-hydrogen) atoms. The molecule has 0 heterocycles. The van der Waals surface area contributed by atoms with Crippen molar-refractivity contribution in [2.24, 2.45) is 0 Å². The maximum Gasteiger partial charge on any atom is 0.416 e. The minimum atomic E-state index is -4.60. The maximum absolute atomic E-state index is 13.0. The molecule has 0 aliphatic carbocycles. The van der Waals surface area contributed by atoms with E-state index in [0.717, 1.165) is 36.4 Å². The van der Waals surface area contributed by atoms with E-state index < -0.39 is 32.6 Å². The zero-order valence-electron chi connectivity index (χ0n) is 10.7. The first-order chi connectivity index (χ1) is 10.1. The van der Waals surface area contributed by atoms with Gasteiger partial charge in [-0.3, -0.25) is 4.72 Å². The second-order valence-corrected chi connectivity index (χ2v) is 6.35. The van der Waals surface area contributed by atoms with Gasteiger partial charge in [0.1, 0.15) is 5.82 Å². The fourth-order valence-electron chi connectivity index (χ4n) is 1.62. The van der Waals surface area contributed by atoms with E-state index in [9.17, 15) is 26.0 Å². The van der Waals surface area contributed by atoms with Crippen LogP contribution in [0.2, 0.25) is 5.02 Å². The van der Waals surface area contributed by atoms with Gasteiger partial charge in [0.2, 0.25) is 0 Å². The number of sulfonamides is 1. The molecule has 0 aliphatic rings. The summed E-state index contributed by atoms with van der Waals surface area (Å²) < 4.78 is 76.9. The van der Waals surface area contributed by atoms with E-state index in [1.165, 1.54) is 0 Å². The zero-order chi connectivity index (χ0) is 16.5. The molecule has 0 radical (unpaired) electrons. The van der Waals surface area contributed by atoms with Crippen LogP contribution in [0.3, 0.4) is 0 Å². The van der Waals surface area contributed by atoms with Gasteiger partial charge in [-0.15, -0.1) is 0 Å². The van der Waals surface area contributed by atoms with Crippen LogP contribution < -0.4 is 4.72 Å². The van der Waals surface area contributed by atoms with Crippen molar-refractivity contribution in [3.05, 3.63) is 58.9 Å². The Morgan fingerprint density at radius 3 is 2.32 bits per heavy atom. The van der Waals surface area contributed by atoms with Gasteiger partial charge in [-0.2, -0.15) is 13.2 Å². The zero-order valence-corrected chi connectivity index (χ0v) is 12.2. The van der Waals surface area contributed by atoms with E-state index in [1.807, 2.05) is 4.72 Å². The number of anilines is 1. The third kappa shape index (κ3) is 3.69. The molecule has 9 heteroatoms. The Hall–Kier alpha value is -1.80. The number of alkyl halides is 3. The van der Waals surface area contributed by atoms with Crippen LogP contribution in [0, 0.1) is 5.82 Å². The van der Waals surface area contributed by atoms with Crippen LogP contribution in [0.5, 0.6) is 0 Å². The summed E-state index contributed by atoms with van der Waals surface area (Å²) in [6.07, 6.45) is -4.60. The predicted molar refractivity (Wildman–Crippen MR) is 73.7 cm³/mol. The van der Waals surface area contributed by atoms with Crippen molar-refractivity contribution in [2.75, 3.05) is 4.72 Å². The van der Waals surface area contributed by atoms with Crippen molar-refractivity contribution >= 4 is 27.3 Å². The van der Waals surface area contributed by atoms with Crippen LogP contribution in [-0.4, -0.2) is 8.42 Å². The third-order valence-electron chi connectivity index (χ3n) is 2.64. The van der Waals surface area contributed by atoms with Gasteiger partial charge in [-0.05, 0) is 36.4 Å². The second-order valence-electron chi connectivity index (χ2n) is 4.26. The average molecular weight is 354 g/mol. The summed E-state index contributed by atoms with van der Waals surface area (Å²) in [6, 6.07) is 6.37. The maximum atomic E-state index is 13.0. The fraction of sp³-hybridized carbons (Fsp3) is 0.0769. The molecular weight excluding hydrogens is 346 g/mol. The molecule has 2 rings (SSSR count). The van der Waals surface area contributed by atoms with Crippen molar-refractivity contribution in [3.63, 3.8) is 0 Å². The van der Waals surface area contributed by atoms with Crippen LogP contribution in [0.25, 0.3) is 0 Å². The lowest BCUT2D eigenvalue weighted by Gasteiger charge is -2.11. The Labute approximate surface area is 128 Å². The van der Waals surface area contributed by atoms with Crippen molar-refractivity contribution in [3.8, 4) is 0 Å². The number of hydrogen-bond donors (Lipinski definition) is 1. The van der Waals surface area contributed by atoms with Crippen molar-refractivity contribution in [1.82, 2.24) is 0 Å². The van der Waals surface area contributed by atoms with Gasteiger partial charge in [-0.1, -0.05) is 17.7 Å². The lowest BCUT2D eigenvalue weighted by molar-refractivity contribution is -0.137. The standard InChI is InChI=1S/C13H8ClF4NO2S/c14-11-7-10(4-5-12(11)15)22(20,21)19-9-3-1-2-8(6-9)13(16,17)18/h1-7,19H. The van der Waals surface area contributed by atoms with Gasteiger partial charge in [0.05, 0.1) is 15.5 Å². The van der Waals surface area contributed by atoms with Gasteiger partial charge < -0.3 is 0 Å². The molecule has 0 spiro atoms. The number of halogens is 5. The largest absolute Gasteiger partial charge is 0.416 e. The first-order valence-corrected chi connectivity index (χ1v) is 7.61. The van der Waals surface area contributed by atoms with Crippen molar-refractivity contribution in [2.45, 2.75) is 11.1 Å². The molecule has 0 bridgehead atoms. The highest BCUT2D eigenvalue weighted by Gasteiger charge is 2.30. The first kappa shape index (κ1) is 16.6. The first-order valence-electron chi connectivity index (χ1n) is 5.75. The van der Waals surface area contributed by atoms with Gasteiger partial charge >= 0.3 is 6.18 Å². The Bertz CT molecular complexity index is 806. The lowest BCUT2D eigenvalue weighted by atomic mass is 10.2. The Morgan fingerprint density at radius 1 is 1.05 bits per heavy atom. The Balaban J connectivity index is 2.35. The van der Waals surface area contributed by atoms with E-state index in [0.29, 0.717) is 6.07 Å². The highest BCUT2D eigenvalue weighted by molar-refractivity contribution is 7.92. The molecule has 0 aliphatic heterocycles. The summed E-state index contributed by atoms with van der Waals surface area (Å²) in [4.78, 5) is -0.365. The second kappa shape index (κ2) is 5.77. The van der Waals surface area contributed by atoms with Crippen LogP contribution in [-0.2, 0) is 16.2 Å². The molecule has 0 aromatic heterocycles. The Morgan fingerprint density at radius 2 is 1.73 bits per heavy atom. The molecule has 0 unspecified atom stereocenters. The molecule has 0 saturated heterocycles. The van der Waals surface area contributed by atoms with Gasteiger partial charge in [0, 0.05) is 5.69 Å². The SMILES string of the molecule is O=S(=O)(Nc1cccc(C(F)(F)F)c1)c1ccc(F)c(Cl)c1. The van der Waals surface area contributed by atoms with Gasteiger partial charge in [-0.25, -0.2) is 12.8 Å². The monoisotopic (exact) mass is 353 g/mol. The van der Waals surface area contributed by atoms with E-state index in [-0.39, 0.29) is 10.6 Å². The number of hydrogen-bond acceptors (Lipinski definition) is 2. The predicted octanol–water partition coefficient (Wildman–Crippen LogP) is 4.30. The third-order valence-corrected chi connectivity index (χ3v) is 4.31. The quantitative estimate of drug-likeness (QED) is 0.836. The lowest BCUT2D eigenvalue weighted by Crippen LogP contribution is -2.14. The number of rotatable bonds is 3. The van der Waals surface area contributed by atoms with Crippen molar-refractivity contribution < 1.29 is 26.0 Å². The minimum Gasteiger partial charge on any atom is -0.280 e. The Kier molecular flexibility index (Phi) is 4.35. The molecule has 0 atom stereocenters. The molecule has 2 aromatic rings. The van der Waals surface area contributed by atoms with E-state index in [4.69, 9.17) is 11.6 Å². The van der Waals surface area contributed by atoms with E-state index in [1.54, 1.807) is 0 Å². The van der Waals surface area contributed by atoms with Crippen molar-refractivity contribution in [1.29, 1.82) is 0 Å². The highest BCUT2D eigenvalue weighted by Crippen LogP contribution is 2.31. The molecule has 2 aromatic carbocycles. The average Bonchev–Trinajstić information content (AvgIpc) is 2.40. The molecule has 1 N–H and O–H groups in total. The molecule has 118 valence electrons. The van der Waals surface area contributed by atoms with Crippen LogP contribution >= 0.6 is 11.6 Å². The van der Waals surface area contributed by atoms with Crippen LogP contribution in [0.4, 0.5) is 23.2 Å². The normalized spacial score (nSPS) is 12.2. The molecule has 0 saturated carbocycles.